The summed E-state index contributed by atoms with van der Waals surface area (Å²) in [7, 11) is 0. The molecule has 2 atom stereocenters. The van der Waals surface area contributed by atoms with Crippen molar-refractivity contribution in [2.45, 2.75) is 33.6 Å². The summed E-state index contributed by atoms with van der Waals surface area (Å²) in [5.74, 6) is 1.68. The quantitative estimate of drug-likeness (QED) is 0.435. The highest BCUT2D eigenvalue weighted by atomic mass is 14.2. The molecule has 2 unspecified atom stereocenters. The van der Waals surface area contributed by atoms with Gasteiger partial charge >= 0.3 is 0 Å². The van der Waals surface area contributed by atoms with Crippen LogP contribution in [0.4, 0.5) is 0 Å². The van der Waals surface area contributed by atoms with Gasteiger partial charge in [0.15, 0.2) is 0 Å². The van der Waals surface area contributed by atoms with E-state index >= 15 is 0 Å². The maximum atomic E-state index is 2.41. The first kappa shape index (κ1) is 6.85. The van der Waals surface area contributed by atoms with Gasteiger partial charge in [-0.2, -0.15) is 0 Å². The molecule has 0 aromatic rings. The molecule has 0 bridgehead atoms. The van der Waals surface area contributed by atoms with Crippen molar-refractivity contribution in [1.82, 2.24) is 0 Å². The van der Waals surface area contributed by atoms with E-state index in [2.05, 4.69) is 26.8 Å². The molecule has 0 saturated heterocycles. The zero-order valence-electron chi connectivity index (χ0n) is 6.65. The third-order valence-electron chi connectivity index (χ3n) is 2.38. The van der Waals surface area contributed by atoms with Gasteiger partial charge in [-0.1, -0.05) is 25.5 Å². The Kier molecular flexibility index (Phi) is 1.94. The van der Waals surface area contributed by atoms with E-state index in [1.165, 1.54) is 12.8 Å². The fourth-order valence-corrected chi connectivity index (χ4v) is 1.44. The van der Waals surface area contributed by atoms with Crippen molar-refractivity contribution in [1.29, 1.82) is 0 Å². The van der Waals surface area contributed by atoms with Gasteiger partial charge in [0.25, 0.3) is 0 Å². The van der Waals surface area contributed by atoms with Gasteiger partial charge in [-0.15, -0.1) is 0 Å². The van der Waals surface area contributed by atoms with E-state index in [9.17, 15) is 0 Å². The summed E-state index contributed by atoms with van der Waals surface area (Å²) in [6.45, 7) is 6.87. The molecule has 0 aromatic carbocycles. The number of allylic oxidation sites excluding steroid dienone is 2. The summed E-state index contributed by atoms with van der Waals surface area (Å²) in [4.78, 5) is 0. The van der Waals surface area contributed by atoms with Gasteiger partial charge in [-0.25, -0.2) is 0 Å². The molecule has 0 heterocycles. The predicted octanol–water partition coefficient (Wildman–Crippen LogP) is 3.00. The second-order valence-corrected chi connectivity index (χ2v) is 3.37. The summed E-state index contributed by atoms with van der Waals surface area (Å²) in [6.07, 6.45) is 5.19. The van der Waals surface area contributed by atoms with Gasteiger partial charge < -0.3 is 0 Å². The highest BCUT2D eigenvalue weighted by molar-refractivity contribution is 5.07. The Labute approximate surface area is 58.0 Å². The molecule has 0 nitrogen and oxygen atoms in total. The van der Waals surface area contributed by atoms with Gasteiger partial charge in [0, 0.05) is 0 Å². The molecule has 52 valence electrons. The van der Waals surface area contributed by atoms with Crippen molar-refractivity contribution in [3.63, 3.8) is 0 Å². The lowest BCUT2D eigenvalue weighted by Gasteiger charge is -2.21. The van der Waals surface area contributed by atoms with E-state index in [0.29, 0.717) is 0 Å². The lowest BCUT2D eigenvalue weighted by Crippen LogP contribution is -2.07. The van der Waals surface area contributed by atoms with Gasteiger partial charge in [-0.05, 0) is 31.6 Å². The number of hydrogen-bond acceptors (Lipinski definition) is 0. The normalized spacial score (nSPS) is 36.1. The third-order valence-corrected chi connectivity index (χ3v) is 2.38. The zero-order valence-corrected chi connectivity index (χ0v) is 6.65. The van der Waals surface area contributed by atoms with Crippen LogP contribution in [0.3, 0.4) is 0 Å². The molecule has 0 radical (unpaired) electrons. The summed E-state index contributed by atoms with van der Waals surface area (Å²) < 4.78 is 0. The predicted molar refractivity (Wildman–Crippen MR) is 41.3 cm³/mol. The SMILES string of the molecule is CC1=CC(C)CCC1C. The van der Waals surface area contributed by atoms with Crippen LogP contribution in [0.15, 0.2) is 11.6 Å². The number of rotatable bonds is 0. The van der Waals surface area contributed by atoms with Crippen LogP contribution in [-0.4, -0.2) is 0 Å². The highest BCUT2D eigenvalue weighted by Crippen LogP contribution is 2.26. The van der Waals surface area contributed by atoms with Crippen LogP contribution in [0, 0.1) is 11.8 Å². The monoisotopic (exact) mass is 124 g/mol. The van der Waals surface area contributed by atoms with E-state index < -0.39 is 0 Å². The maximum Gasteiger partial charge on any atom is -0.0234 e. The Bertz CT molecular complexity index is 122. The van der Waals surface area contributed by atoms with Crippen LogP contribution in [0.2, 0.25) is 0 Å². The Balaban J connectivity index is 2.61. The van der Waals surface area contributed by atoms with Crippen LogP contribution >= 0.6 is 0 Å². The van der Waals surface area contributed by atoms with Crippen LogP contribution in [0.5, 0.6) is 0 Å². The van der Waals surface area contributed by atoms with Crippen LogP contribution in [0.25, 0.3) is 0 Å². The average molecular weight is 124 g/mol. The second-order valence-electron chi connectivity index (χ2n) is 3.37. The minimum atomic E-state index is 0.834. The minimum absolute atomic E-state index is 0.834. The first-order valence-electron chi connectivity index (χ1n) is 3.88. The molecule has 9 heavy (non-hydrogen) atoms. The van der Waals surface area contributed by atoms with Crippen molar-refractivity contribution in [3.05, 3.63) is 11.6 Å². The van der Waals surface area contributed by atoms with Crippen molar-refractivity contribution in [2.75, 3.05) is 0 Å². The van der Waals surface area contributed by atoms with Gasteiger partial charge in [0.05, 0.1) is 0 Å². The van der Waals surface area contributed by atoms with E-state index in [1.54, 1.807) is 5.57 Å². The molecule has 0 spiro atoms. The molecule has 0 fully saturated rings. The fraction of sp³-hybridized carbons (Fsp3) is 0.778. The first-order valence-corrected chi connectivity index (χ1v) is 3.88. The molecule has 0 aliphatic heterocycles. The lowest BCUT2D eigenvalue weighted by atomic mass is 9.85. The van der Waals surface area contributed by atoms with Crippen molar-refractivity contribution in [2.24, 2.45) is 11.8 Å². The van der Waals surface area contributed by atoms with Gasteiger partial charge in [-0.3, -0.25) is 0 Å². The number of hydrogen-bond donors (Lipinski definition) is 0. The summed E-state index contributed by atoms with van der Waals surface area (Å²) >= 11 is 0. The van der Waals surface area contributed by atoms with Gasteiger partial charge in [0.1, 0.15) is 0 Å². The smallest absolute Gasteiger partial charge is 0.0234 e. The molecule has 1 rings (SSSR count). The van der Waals surface area contributed by atoms with E-state index in [-0.39, 0.29) is 0 Å². The molecule has 0 amide bonds. The van der Waals surface area contributed by atoms with Crippen molar-refractivity contribution >= 4 is 0 Å². The Morgan fingerprint density at radius 2 is 2.00 bits per heavy atom. The van der Waals surface area contributed by atoms with Crippen LogP contribution < -0.4 is 0 Å². The molecule has 0 saturated carbocycles. The molecule has 0 aromatic heterocycles. The average Bonchev–Trinajstić information content (AvgIpc) is 1.80. The van der Waals surface area contributed by atoms with Crippen LogP contribution in [0.1, 0.15) is 33.6 Å². The van der Waals surface area contributed by atoms with Gasteiger partial charge in [0.2, 0.25) is 0 Å². The zero-order chi connectivity index (χ0) is 6.85. The van der Waals surface area contributed by atoms with E-state index in [4.69, 9.17) is 0 Å². The standard InChI is InChI=1S/C9H16/c1-7-4-5-8(2)9(3)6-7/h6-8H,4-5H2,1-3H3. The molecule has 0 heteroatoms. The fourth-order valence-electron chi connectivity index (χ4n) is 1.44. The lowest BCUT2D eigenvalue weighted by molar-refractivity contribution is 0.479. The highest BCUT2D eigenvalue weighted by Gasteiger charge is 2.12. The summed E-state index contributed by atoms with van der Waals surface area (Å²) in [5, 5.41) is 0. The summed E-state index contributed by atoms with van der Waals surface area (Å²) in [5.41, 5.74) is 1.59. The van der Waals surface area contributed by atoms with E-state index in [1.807, 2.05) is 0 Å². The van der Waals surface area contributed by atoms with Crippen molar-refractivity contribution < 1.29 is 0 Å². The third kappa shape index (κ3) is 1.57. The molecule has 0 N–H and O–H groups in total. The minimum Gasteiger partial charge on any atom is -0.0825 e. The van der Waals surface area contributed by atoms with Crippen LogP contribution in [-0.2, 0) is 0 Å². The van der Waals surface area contributed by atoms with Crippen molar-refractivity contribution in [3.8, 4) is 0 Å². The van der Waals surface area contributed by atoms with E-state index in [0.717, 1.165) is 11.8 Å². The summed E-state index contributed by atoms with van der Waals surface area (Å²) in [6, 6.07) is 0. The molecule has 1 aliphatic rings. The largest absolute Gasteiger partial charge is 0.0825 e. The Morgan fingerprint density at radius 1 is 1.33 bits per heavy atom. The first-order chi connectivity index (χ1) is 4.20. The molecular formula is C9H16. The Morgan fingerprint density at radius 3 is 2.44 bits per heavy atom. The topological polar surface area (TPSA) is 0 Å². The molecule has 1 aliphatic carbocycles. The maximum absolute atomic E-state index is 2.41. The second kappa shape index (κ2) is 2.55. The molecular weight excluding hydrogens is 108 g/mol. The Hall–Kier alpha value is -0.260.